The number of rotatable bonds is 2. The van der Waals surface area contributed by atoms with Gasteiger partial charge >= 0.3 is 0 Å². The first kappa shape index (κ1) is 8.71. The topological polar surface area (TPSA) is 37.3 Å². The Morgan fingerprint density at radius 3 is 3.00 bits per heavy atom. The van der Waals surface area contributed by atoms with Gasteiger partial charge in [-0.25, -0.2) is 0 Å². The first-order valence-electron chi connectivity index (χ1n) is 3.89. The van der Waals surface area contributed by atoms with Crippen LogP contribution >= 0.6 is 0 Å². The van der Waals surface area contributed by atoms with Crippen molar-refractivity contribution in [3.05, 3.63) is 30.1 Å². The highest BCUT2D eigenvalue weighted by Crippen LogP contribution is 1.96. The van der Waals surface area contributed by atoms with E-state index in [0.717, 1.165) is 12.3 Å². The zero-order chi connectivity index (χ0) is 8.81. The Balaban J connectivity index is 2.64. The van der Waals surface area contributed by atoms with E-state index in [1.807, 2.05) is 25.4 Å². The highest BCUT2D eigenvalue weighted by atomic mass is 14.9. The summed E-state index contributed by atoms with van der Waals surface area (Å²) in [6.45, 7) is 0. The van der Waals surface area contributed by atoms with Gasteiger partial charge in [0.2, 0.25) is 0 Å². The minimum absolute atomic E-state index is 0.820. The van der Waals surface area contributed by atoms with Gasteiger partial charge < -0.3 is 5.32 Å². The fourth-order valence-corrected chi connectivity index (χ4v) is 0.975. The van der Waals surface area contributed by atoms with Crippen LogP contribution in [0, 0.1) is 0 Å². The first-order valence-corrected chi connectivity index (χ1v) is 3.89. The van der Waals surface area contributed by atoms with E-state index >= 15 is 0 Å². The number of aliphatic imine (C=N–C) groups is 1. The number of nitrogens with zero attached hydrogens (tertiary/aromatic N) is 2. The molecular formula is C9H13N3. The van der Waals surface area contributed by atoms with Crippen LogP contribution in [0.25, 0.3) is 0 Å². The molecule has 3 heteroatoms. The molecule has 0 atom stereocenters. The normalized spacial score (nSPS) is 11.3. The molecule has 0 aliphatic rings. The fourth-order valence-electron chi connectivity index (χ4n) is 0.975. The first-order chi connectivity index (χ1) is 5.86. The van der Waals surface area contributed by atoms with Gasteiger partial charge in [-0.05, 0) is 11.6 Å². The number of nitrogens with one attached hydrogen (secondary N) is 1. The van der Waals surface area contributed by atoms with Gasteiger partial charge in [-0.2, -0.15) is 0 Å². The minimum Gasteiger partial charge on any atom is -0.377 e. The van der Waals surface area contributed by atoms with Crippen LogP contribution in [0.1, 0.15) is 5.56 Å². The van der Waals surface area contributed by atoms with Gasteiger partial charge in [0.15, 0.2) is 0 Å². The summed E-state index contributed by atoms with van der Waals surface area (Å²) in [5, 5.41) is 3.02. The molecule has 1 aromatic rings. The monoisotopic (exact) mass is 163 g/mol. The van der Waals surface area contributed by atoms with Gasteiger partial charge in [-0.15, -0.1) is 0 Å². The second-order valence-electron chi connectivity index (χ2n) is 2.46. The largest absolute Gasteiger partial charge is 0.377 e. The standard InChI is InChI=1S/C9H13N3/c1-10-9(11-2)6-8-4-3-5-12-7-8/h3-5,7H,6H2,1-2H3,(H,10,11). The van der Waals surface area contributed by atoms with Gasteiger partial charge in [0, 0.05) is 32.9 Å². The van der Waals surface area contributed by atoms with Crippen molar-refractivity contribution in [3.8, 4) is 0 Å². The maximum Gasteiger partial charge on any atom is 0.100 e. The zero-order valence-corrected chi connectivity index (χ0v) is 7.41. The average molecular weight is 163 g/mol. The van der Waals surface area contributed by atoms with Gasteiger partial charge in [-0.1, -0.05) is 6.07 Å². The Hall–Kier alpha value is -1.38. The van der Waals surface area contributed by atoms with Crippen LogP contribution in [0.15, 0.2) is 29.5 Å². The van der Waals surface area contributed by atoms with Crippen molar-refractivity contribution in [3.63, 3.8) is 0 Å². The van der Waals surface area contributed by atoms with Crippen molar-refractivity contribution in [2.24, 2.45) is 4.99 Å². The quantitative estimate of drug-likeness (QED) is 0.519. The lowest BCUT2D eigenvalue weighted by Crippen LogP contribution is -2.20. The van der Waals surface area contributed by atoms with Crippen molar-refractivity contribution < 1.29 is 0 Å². The molecule has 0 unspecified atom stereocenters. The summed E-state index contributed by atoms with van der Waals surface area (Å²) in [7, 11) is 3.65. The third kappa shape index (κ3) is 2.34. The number of pyridine rings is 1. The Morgan fingerprint density at radius 2 is 2.50 bits per heavy atom. The third-order valence-electron chi connectivity index (χ3n) is 1.65. The number of hydrogen-bond acceptors (Lipinski definition) is 2. The van der Waals surface area contributed by atoms with Crippen LogP contribution < -0.4 is 5.32 Å². The number of amidine groups is 1. The molecule has 64 valence electrons. The fraction of sp³-hybridized carbons (Fsp3) is 0.333. The number of likely N-dealkylation sites (N-methyl/N-ethyl adjacent to an activating group) is 1. The molecule has 12 heavy (non-hydrogen) atoms. The third-order valence-corrected chi connectivity index (χ3v) is 1.65. The molecule has 0 spiro atoms. The van der Waals surface area contributed by atoms with E-state index in [0.29, 0.717) is 0 Å². The molecule has 0 bridgehead atoms. The molecule has 0 aliphatic heterocycles. The molecule has 3 nitrogen and oxygen atoms in total. The molecule has 0 saturated carbocycles. The van der Waals surface area contributed by atoms with Crippen molar-refractivity contribution in [1.82, 2.24) is 10.3 Å². The lowest BCUT2D eigenvalue weighted by molar-refractivity contribution is 1.07. The van der Waals surface area contributed by atoms with E-state index in [4.69, 9.17) is 0 Å². The van der Waals surface area contributed by atoms with Crippen LogP contribution in [-0.2, 0) is 6.42 Å². The molecule has 0 radical (unpaired) electrons. The van der Waals surface area contributed by atoms with Gasteiger partial charge in [0.1, 0.15) is 5.84 Å². The lowest BCUT2D eigenvalue weighted by atomic mass is 10.2. The summed E-state index contributed by atoms with van der Waals surface area (Å²) >= 11 is 0. The number of aromatic nitrogens is 1. The Morgan fingerprint density at radius 1 is 1.67 bits per heavy atom. The van der Waals surface area contributed by atoms with Crippen LogP contribution in [0.2, 0.25) is 0 Å². The molecular weight excluding hydrogens is 150 g/mol. The van der Waals surface area contributed by atoms with E-state index in [-0.39, 0.29) is 0 Å². The maximum atomic E-state index is 4.08. The predicted molar refractivity (Wildman–Crippen MR) is 50.4 cm³/mol. The van der Waals surface area contributed by atoms with E-state index in [2.05, 4.69) is 15.3 Å². The smallest absolute Gasteiger partial charge is 0.100 e. The summed E-state index contributed by atoms with van der Waals surface area (Å²) in [5.74, 6) is 0.975. The van der Waals surface area contributed by atoms with E-state index in [1.165, 1.54) is 5.56 Å². The van der Waals surface area contributed by atoms with E-state index < -0.39 is 0 Å². The summed E-state index contributed by atoms with van der Waals surface area (Å²) in [6, 6.07) is 3.97. The van der Waals surface area contributed by atoms with Crippen molar-refractivity contribution in [1.29, 1.82) is 0 Å². The highest BCUT2D eigenvalue weighted by Gasteiger charge is 1.96. The van der Waals surface area contributed by atoms with Gasteiger partial charge in [0.25, 0.3) is 0 Å². The molecule has 0 aromatic carbocycles. The second kappa shape index (κ2) is 4.49. The summed E-state index contributed by atoms with van der Waals surface area (Å²) in [4.78, 5) is 8.10. The maximum absolute atomic E-state index is 4.08. The van der Waals surface area contributed by atoms with Crippen molar-refractivity contribution in [2.75, 3.05) is 14.1 Å². The lowest BCUT2D eigenvalue weighted by Gasteiger charge is -2.03. The molecule has 0 aliphatic carbocycles. The molecule has 0 saturated heterocycles. The zero-order valence-electron chi connectivity index (χ0n) is 7.41. The van der Waals surface area contributed by atoms with Crippen LogP contribution in [-0.4, -0.2) is 24.9 Å². The molecule has 1 heterocycles. The molecule has 0 amide bonds. The predicted octanol–water partition coefficient (Wildman–Crippen LogP) is 0.872. The van der Waals surface area contributed by atoms with E-state index in [9.17, 15) is 0 Å². The summed E-state index contributed by atoms with van der Waals surface area (Å²) < 4.78 is 0. The van der Waals surface area contributed by atoms with Crippen molar-refractivity contribution in [2.45, 2.75) is 6.42 Å². The minimum atomic E-state index is 0.820. The molecule has 1 N–H and O–H groups in total. The summed E-state index contributed by atoms with van der Waals surface area (Å²) in [5.41, 5.74) is 1.17. The van der Waals surface area contributed by atoms with Crippen LogP contribution in [0.3, 0.4) is 0 Å². The van der Waals surface area contributed by atoms with Gasteiger partial charge in [0.05, 0.1) is 0 Å². The SMILES string of the molecule is CN=C(Cc1cccnc1)NC. The highest BCUT2D eigenvalue weighted by molar-refractivity contribution is 5.83. The second-order valence-corrected chi connectivity index (χ2v) is 2.46. The van der Waals surface area contributed by atoms with Crippen LogP contribution in [0.4, 0.5) is 0 Å². The number of hydrogen-bond donors (Lipinski definition) is 1. The van der Waals surface area contributed by atoms with Crippen LogP contribution in [0.5, 0.6) is 0 Å². The Labute approximate surface area is 72.6 Å². The van der Waals surface area contributed by atoms with E-state index in [1.54, 1.807) is 13.2 Å². The van der Waals surface area contributed by atoms with Gasteiger partial charge in [-0.3, -0.25) is 9.98 Å². The Bertz CT molecular complexity index is 254. The average Bonchev–Trinajstić information content (AvgIpc) is 2.16. The molecule has 1 aromatic heterocycles. The molecule has 0 fully saturated rings. The Kier molecular flexibility index (Phi) is 3.26. The summed E-state index contributed by atoms with van der Waals surface area (Å²) in [6.07, 6.45) is 4.44. The van der Waals surface area contributed by atoms with Crippen molar-refractivity contribution >= 4 is 5.84 Å². The molecule has 1 rings (SSSR count).